The van der Waals surface area contributed by atoms with Crippen LogP contribution in [0.15, 0.2) is 43.0 Å². The summed E-state index contributed by atoms with van der Waals surface area (Å²) in [7, 11) is 0. The van der Waals surface area contributed by atoms with Crippen LogP contribution in [0.4, 0.5) is 4.79 Å². The average molecular weight is 360 g/mol. The second-order valence-electron chi connectivity index (χ2n) is 6.82. The molecule has 0 saturated carbocycles. The standard InChI is InChI=1S/C19H24N2O5/c1-4-10-21-16(14-12-25-19(2,3)26-14)15(17(21)22)20-18(23)24-11-13-8-6-5-7-9-13/h4-9,14-16H,1,10-12H2,2-3H3,(H,20,23)/t14-,15-,16+/m0/s1. The predicted octanol–water partition coefficient (Wildman–Crippen LogP) is 1.83. The molecule has 0 unspecified atom stereocenters. The summed E-state index contributed by atoms with van der Waals surface area (Å²) < 4.78 is 16.7. The first-order chi connectivity index (χ1) is 12.4. The zero-order valence-electron chi connectivity index (χ0n) is 15.0. The topological polar surface area (TPSA) is 77.1 Å². The van der Waals surface area contributed by atoms with Crippen LogP contribution in [0.1, 0.15) is 19.4 Å². The van der Waals surface area contributed by atoms with Crippen molar-refractivity contribution < 1.29 is 23.8 Å². The van der Waals surface area contributed by atoms with Gasteiger partial charge in [-0.05, 0) is 19.4 Å². The number of alkyl carbamates (subject to hydrolysis) is 1. The van der Waals surface area contributed by atoms with Crippen molar-refractivity contribution in [3.63, 3.8) is 0 Å². The summed E-state index contributed by atoms with van der Waals surface area (Å²) in [6.45, 7) is 8.21. The molecule has 0 radical (unpaired) electrons. The summed E-state index contributed by atoms with van der Waals surface area (Å²) >= 11 is 0. The Hall–Kier alpha value is -2.38. The van der Waals surface area contributed by atoms with Crippen LogP contribution in [0.2, 0.25) is 0 Å². The van der Waals surface area contributed by atoms with Gasteiger partial charge in [0.05, 0.1) is 12.6 Å². The number of benzene rings is 1. The maximum Gasteiger partial charge on any atom is 0.408 e. The molecule has 3 rings (SSSR count). The molecule has 7 heteroatoms. The quantitative estimate of drug-likeness (QED) is 0.619. The molecule has 1 aromatic rings. The highest BCUT2D eigenvalue weighted by Crippen LogP contribution is 2.32. The molecule has 2 fully saturated rings. The van der Waals surface area contributed by atoms with E-state index < -0.39 is 17.9 Å². The Morgan fingerprint density at radius 1 is 1.42 bits per heavy atom. The average Bonchev–Trinajstić information content (AvgIpc) is 2.98. The van der Waals surface area contributed by atoms with Crippen molar-refractivity contribution >= 4 is 12.0 Å². The van der Waals surface area contributed by atoms with Gasteiger partial charge in [0.1, 0.15) is 18.8 Å². The molecule has 2 saturated heterocycles. The third-order valence-electron chi connectivity index (χ3n) is 4.47. The first-order valence-electron chi connectivity index (χ1n) is 8.61. The fraction of sp³-hybridized carbons (Fsp3) is 0.474. The number of nitrogens with zero attached hydrogens (tertiary/aromatic N) is 1. The van der Waals surface area contributed by atoms with E-state index in [-0.39, 0.29) is 24.7 Å². The zero-order chi connectivity index (χ0) is 18.7. The van der Waals surface area contributed by atoms with Crippen molar-refractivity contribution in [3.8, 4) is 0 Å². The Bertz CT molecular complexity index is 676. The minimum Gasteiger partial charge on any atom is -0.445 e. The normalized spacial score (nSPS) is 26.9. The highest BCUT2D eigenvalue weighted by atomic mass is 16.7. The van der Waals surface area contributed by atoms with Crippen LogP contribution in [0.5, 0.6) is 0 Å². The molecule has 140 valence electrons. The third kappa shape index (κ3) is 3.89. The van der Waals surface area contributed by atoms with Gasteiger partial charge in [-0.2, -0.15) is 0 Å². The maximum atomic E-state index is 12.4. The highest BCUT2D eigenvalue weighted by molar-refractivity contribution is 5.92. The molecule has 2 aliphatic rings. The van der Waals surface area contributed by atoms with E-state index in [1.807, 2.05) is 44.2 Å². The molecular weight excluding hydrogens is 336 g/mol. The van der Waals surface area contributed by atoms with Gasteiger partial charge in [0, 0.05) is 6.54 Å². The molecule has 3 atom stereocenters. The minimum atomic E-state index is -0.707. The van der Waals surface area contributed by atoms with E-state index >= 15 is 0 Å². The van der Waals surface area contributed by atoms with Crippen molar-refractivity contribution in [1.82, 2.24) is 10.2 Å². The van der Waals surface area contributed by atoms with Gasteiger partial charge >= 0.3 is 6.09 Å². The lowest BCUT2D eigenvalue weighted by atomic mass is 9.90. The number of hydrogen-bond donors (Lipinski definition) is 1. The lowest BCUT2D eigenvalue weighted by Crippen LogP contribution is -2.74. The van der Waals surface area contributed by atoms with E-state index in [2.05, 4.69) is 11.9 Å². The number of rotatable bonds is 6. The molecule has 2 heterocycles. The van der Waals surface area contributed by atoms with Crippen molar-refractivity contribution in [1.29, 1.82) is 0 Å². The van der Waals surface area contributed by atoms with E-state index in [4.69, 9.17) is 14.2 Å². The number of carbonyl (C=O) groups is 2. The van der Waals surface area contributed by atoms with Crippen molar-refractivity contribution in [3.05, 3.63) is 48.6 Å². The van der Waals surface area contributed by atoms with Gasteiger partial charge in [-0.15, -0.1) is 6.58 Å². The fourth-order valence-corrected chi connectivity index (χ4v) is 3.26. The molecule has 0 spiro atoms. The summed E-state index contributed by atoms with van der Waals surface area (Å²) in [5.74, 6) is -0.888. The van der Waals surface area contributed by atoms with Crippen LogP contribution >= 0.6 is 0 Å². The number of β-lactam (4-membered cyclic amide) rings is 1. The molecule has 1 aromatic carbocycles. The smallest absolute Gasteiger partial charge is 0.408 e. The second-order valence-corrected chi connectivity index (χ2v) is 6.82. The summed E-state index contributed by atoms with van der Waals surface area (Å²) in [5.41, 5.74) is 0.877. The number of carbonyl (C=O) groups excluding carboxylic acids is 2. The Morgan fingerprint density at radius 3 is 2.77 bits per heavy atom. The molecule has 2 amide bonds. The van der Waals surface area contributed by atoms with Crippen LogP contribution in [0.3, 0.4) is 0 Å². The van der Waals surface area contributed by atoms with Crippen LogP contribution in [-0.2, 0) is 25.6 Å². The number of ether oxygens (including phenoxy) is 3. The van der Waals surface area contributed by atoms with Crippen LogP contribution in [0, 0.1) is 0 Å². The monoisotopic (exact) mass is 360 g/mol. The predicted molar refractivity (Wildman–Crippen MR) is 94.2 cm³/mol. The first-order valence-corrected chi connectivity index (χ1v) is 8.61. The third-order valence-corrected chi connectivity index (χ3v) is 4.47. The van der Waals surface area contributed by atoms with Gasteiger partial charge in [-0.25, -0.2) is 4.79 Å². The maximum absolute atomic E-state index is 12.4. The molecule has 0 bridgehead atoms. The zero-order valence-corrected chi connectivity index (χ0v) is 15.0. The largest absolute Gasteiger partial charge is 0.445 e. The second kappa shape index (κ2) is 7.47. The summed E-state index contributed by atoms with van der Waals surface area (Å²) in [5, 5.41) is 2.66. The van der Waals surface area contributed by atoms with Gasteiger partial charge in [-0.3, -0.25) is 4.79 Å². The van der Waals surface area contributed by atoms with Gasteiger partial charge < -0.3 is 24.4 Å². The molecule has 0 aromatic heterocycles. The lowest BCUT2D eigenvalue weighted by Gasteiger charge is -2.48. The van der Waals surface area contributed by atoms with Crippen molar-refractivity contribution in [2.75, 3.05) is 13.2 Å². The van der Waals surface area contributed by atoms with Gasteiger partial charge in [-0.1, -0.05) is 36.4 Å². The number of likely N-dealkylation sites (tertiary alicyclic amines) is 1. The summed E-state index contributed by atoms with van der Waals surface area (Å²) in [4.78, 5) is 26.2. The molecule has 26 heavy (non-hydrogen) atoms. The Morgan fingerprint density at radius 2 is 2.15 bits per heavy atom. The highest BCUT2D eigenvalue weighted by Gasteiger charge is 2.55. The van der Waals surface area contributed by atoms with Gasteiger partial charge in [0.15, 0.2) is 5.79 Å². The molecule has 0 aliphatic carbocycles. The van der Waals surface area contributed by atoms with E-state index in [0.717, 1.165) is 5.56 Å². The molecule has 7 nitrogen and oxygen atoms in total. The summed E-state index contributed by atoms with van der Waals surface area (Å²) in [6, 6.07) is 8.35. The summed E-state index contributed by atoms with van der Waals surface area (Å²) in [6.07, 6.45) is 0.700. The Labute approximate surface area is 152 Å². The fourth-order valence-electron chi connectivity index (χ4n) is 3.26. The van der Waals surface area contributed by atoms with E-state index in [1.165, 1.54) is 0 Å². The van der Waals surface area contributed by atoms with E-state index in [9.17, 15) is 9.59 Å². The van der Waals surface area contributed by atoms with Gasteiger partial charge in [0.2, 0.25) is 5.91 Å². The lowest BCUT2D eigenvalue weighted by molar-refractivity contribution is -0.172. The number of hydrogen-bond acceptors (Lipinski definition) is 5. The van der Waals surface area contributed by atoms with Crippen LogP contribution < -0.4 is 5.32 Å². The Kier molecular flexibility index (Phi) is 5.29. The first kappa shape index (κ1) is 18.4. The van der Waals surface area contributed by atoms with E-state index in [1.54, 1.807) is 11.0 Å². The van der Waals surface area contributed by atoms with Crippen LogP contribution in [0.25, 0.3) is 0 Å². The Balaban J connectivity index is 1.60. The number of nitrogens with one attached hydrogen (secondary N) is 1. The van der Waals surface area contributed by atoms with Gasteiger partial charge in [0.25, 0.3) is 0 Å². The van der Waals surface area contributed by atoms with Crippen molar-refractivity contribution in [2.24, 2.45) is 0 Å². The van der Waals surface area contributed by atoms with Crippen molar-refractivity contribution in [2.45, 2.75) is 44.4 Å². The number of amides is 2. The SMILES string of the molecule is C=CCN1C(=O)[C@@H](NC(=O)OCc2ccccc2)[C@H]1[C@@H]1COC(C)(C)O1. The molecule has 1 N–H and O–H groups in total. The minimum absolute atomic E-state index is 0.144. The van der Waals surface area contributed by atoms with Crippen LogP contribution in [-0.4, -0.2) is 54.0 Å². The molecular formula is C19H24N2O5. The van der Waals surface area contributed by atoms with E-state index in [0.29, 0.717) is 13.2 Å². The molecule has 2 aliphatic heterocycles.